The Balaban J connectivity index is 2.17. The molecule has 12 heteroatoms. The summed E-state index contributed by atoms with van der Waals surface area (Å²) in [6.07, 6.45) is 5.72. The lowest BCUT2D eigenvalue weighted by Gasteiger charge is -2.23. The zero-order valence-corrected chi connectivity index (χ0v) is 20.3. The number of aryl methyl sites for hydroxylation is 1. The maximum atomic E-state index is 15.2. The van der Waals surface area contributed by atoms with Gasteiger partial charge in [0.25, 0.3) is 0 Å². The van der Waals surface area contributed by atoms with E-state index < -0.39 is 23.7 Å². The molecule has 0 aliphatic heterocycles. The van der Waals surface area contributed by atoms with Gasteiger partial charge in [-0.2, -0.15) is 4.39 Å². The van der Waals surface area contributed by atoms with Crippen molar-refractivity contribution in [2.45, 2.75) is 64.8 Å². The van der Waals surface area contributed by atoms with Crippen LogP contribution in [0.2, 0.25) is 0 Å². The molecule has 2 rings (SSSR count). The highest BCUT2D eigenvalue weighted by Gasteiger charge is 2.28. The topological polar surface area (TPSA) is 140 Å². The second kappa shape index (κ2) is 13.0. The van der Waals surface area contributed by atoms with Gasteiger partial charge in [-0.1, -0.05) is 39.5 Å². The molecule has 3 amide bonds. The van der Waals surface area contributed by atoms with Gasteiger partial charge in [-0.05, 0) is 18.8 Å². The highest BCUT2D eigenvalue weighted by atomic mass is 19.1. The van der Waals surface area contributed by atoms with Crippen LogP contribution >= 0.6 is 0 Å². The van der Waals surface area contributed by atoms with E-state index in [9.17, 15) is 19.6 Å². The fourth-order valence-electron chi connectivity index (χ4n) is 4.05. The highest BCUT2D eigenvalue weighted by Crippen LogP contribution is 2.30. The summed E-state index contributed by atoms with van der Waals surface area (Å²) in [7, 11) is 3.23. The van der Waals surface area contributed by atoms with Crippen molar-refractivity contribution < 1.29 is 24.0 Å². The average molecular weight is 482 g/mol. The van der Waals surface area contributed by atoms with Crippen LogP contribution in [-0.4, -0.2) is 70.0 Å². The van der Waals surface area contributed by atoms with Gasteiger partial charge in [0.15, 0.2) is 11.6 Å². The molecular formula is C22H36FN7O4. The molecule has 1 fully saturated rings. The Morgan fingerprint density at radius 3 is 2.41 bits per heavy atom. The van der Waals surface area contributed by atoms with Crippen LogP contribution < -0.4 is 16.2 Å². The lowest BCUT2D eigenvalue weighted by molar-refractivity contribution is -0.154. The minimum atomic E-state index is -0.841. The third kappa shape index (κ3) is 7.51. The Hall–Kier alpha value is -3.02. The number of halogens is 1. The van der Waals surface area contributed by atoms with Gasteiger partial charge in [0, 0.05) is 20.5 Å². The first-order valence-corrected chi connectivity index (χ1v) is 11.7. The molecule has 0 radical (unpaired) electrons. The van der Waals surface area contributed by atoms with E-state index in [4.69, 9.17) is 0 Å². The van der Waals surface area contributed by atoms with Crippen molar-refractivity contribution in [1.82, 2.24) is 25.4 Å². The lowest BCUT2D eigenvalue weighted by Crippen LogP contribution is -2.41. The van der Waals surface area contributed by atoms with Crippen molar-refractivity contribution in [2.75, 3.05) is 31.4 Å². The lowest BCUT2D eigenvalue weighted by atomic mass is 9.92. The molecule has 0 spiro atoms. The van der Waals surface area contributed by atoms with E-state index in [-0.39, 0.29) is 30.5 Å². The molecule has 1 heterocycles. The summed E-state index contributed by atoms with van der Waals surface area (Å²) < 4.78 is 15.2. The van der Waals surface area contributed by atoms with Gasteiger partial charge in [0.05, 0.1) is 12.5 Å². The molecule has 1 aliphatic carbocycles. The maximum absolute atomic E-state index is 15.2. The average Bonchev–Trinajstić information content (AvgIpc) is 3.34. The van der Waals surface area contributed by atoms with Gasteiger partial charge in [-0.25, -0.2) is 15.0 Å². The molecule has 1 aromatic rings. The van der Waals surface area contributed by atoms with Crippen LogP contribution in [0.15, 0.2) is 0 Å². The summed E-state index contributed by atoms with van der Waals surface area (Å²) in [6, 6.07) is -0.679. The van der Waals surface area contributed by atoms with Gasteiger partial charge >= 0.3 is 0 Å². The maximum Gasteiger partial charge on any atom is 0.244 e. The number of nitrogens with one attached hydrogen (secondary N) is 3. The summed E-state index contributed by atoms with van der Waals surface area (Å²) in [6.45, 7) is 3.43. The minimum absolute atomic E-state index is 0.143. The fourth-order valence-corrected chi connectivity index (χ4v) is 4.05. The molecule has 0 aromatic carbocycles. The molecule has 1 saturated carbocycles. The number of carbonyl (C=O) groups is 3. The van der Waals surface area contributed by atoms with E-state index in [1.807, 2.05) is 0 Å². The summed E-state index contributed by atoms with van der Waals surface area (Å²) in [5.41, 5.74) is 4.97. The fraction of sp³-hybridized carbons (Fsp3) is 0.682. The molecule has 190 valence electrons. The third-order valence-electron chi connectivity index (χ3n) is 5.97. The van der Waals surface area contributed by atoms with Crippen LogP contribution in [0.25, 0.3) is 0 Å². The SMILES string of the molecule is CCc1nc(NNC(=O)C(CC2CCCC2)CN(O)C=O)c(F)c(N[C@@H](CC)C(=O)N(C)C)n1. The predicted octanol–water partition coefficient (Wildman–Crippen LogP) is 1.94. The zero-order valence-electron chi connectivity index (χ0n) is 20.3. The number of hydrogen-bond donors (Lipinski definition) is 4. The molecule has 4 N–H and O–H groups in total. The molecule has 0 bridgehead atoms. The smallest absolute Gasteiger partial charge is 0.244 e. The summed E-state index contributed by atoms with van der Waals surface area (Å²) >= 11 is 0. The van der Waals surface area contributed by atoms with Crippen molar-refractivity contribution in [1.29, 1.82) is 0 Å². The number of amides is 3. The minimum Gasteiger partial charge on any atom is -0.356 e. The second-order valence-electron chi connectivity index (χ2n) is 8.77. The number of carbonyl (C=O) groups excluding carboxylic acids is 3. The molecule has 34 heavy (non-hydrogen) atoms. The predicted molar refractivity (Wildman–Crippen MR) is 124 cm³/mol. The van der Waals surface area contributed by atoms with E-state index in [0.717, 1.165) is 25.7 Å². The number of hydroxylamine groups is 2. The Morgan fingerprint density at radius 1 is 1.21 bits per heavy atom. The Labute approximate surface area is 199 Å². The Kier molecular flexibility index (Phi) is 10.4. The van der Waals surface area contributed by atoms with Crippen molar-refractivity contribution in [2.24, 2.45) is 11.8 Å². The van der Waals surface area contributed by atoms with Crippen molar-refractivity contribution in [3.63, 3.8) is 0 Å². The molecule has 1 unspecified atom stereocenters. The monoisotopic (exact) mass is 481 g/mol. The van der Waals surface area contributed by atoms with Crippen molar-refractivity contribution in [3.8, 4) is 0 Å². The van der Waals surface area contributed by atoms with Crippen LogP contribution in [0.5, 0.6) is 0 Å². The van der Waals surface area contributed by atoms with Crippen LogP contribution in [0, 0.1) is 17.7 Å². The van der Waals surface area contributed by atoms with Gasteiger partial charge in [-0.15, -0.1) is 0 Å². The number of aromatic nitrogens is 2. The molecule has 1 aliphatic rings. The molecule has 11 nitrogen and oxygen atoms in total. The first-order valence-electron chi connectivity index (χ1n) is 11.7. The Bertz CT molecular complexity index is 849. The summed E-state index contributed by atoms with van der Waals surface area (Å²) in [5, 5.41) is 12.9. The summed E-state index contributed by atoms with van der Waals surface area (Å²) in [4.78, 5) is 45.7. The van der Waals surface area contributed by atoms with Crippen LogP contribution in [0.4, 0.5) is 16.0 Å². The largest absolute Gasteiger partial charge is 0.356 e. The zero-order chi connectivity index (χ0) is 25.3. The van der Waals surface area contributed by atoms with E-state index in [1.165, 1.54) is 4.90 Å². The van der Waals surface area contributed by atoms with Gasteiger partial charge in [-0.3, -0.25) is 30.4 Å². The summed E-state index contributed by atoms with van der Waals surface area (Å²) in [5.74, 6) is -1.98. The molecule has 0 saturated heterocycles. The van der Waals surface area contributed by atoms with E-state index in [2.05, 4.69) is 26.1 Å². The first-order chi connectivity index (χ1) is 16.2. The third-order valence-corrected chi connectivity index (χ3v) is 5.97. The van der Waals surface area contributed by atoms with Gasteiger partial charge in [0.1, 0.15) is 11.9 Å². The van der Waals surface area contributed by atoms with Crippen molar-refractivity contribution >= 4 is 29.9 Å². The Morgan fingerprint density at radius 2 is 1.85 bits per heavy atom. The van der Waals surface area contributed by atoms with E-state index >= 15 is 4.39 Å². The normalized spacial score (nSPS) is 15.4. The first kappa shape index (κ1) is 27.2. The highest BCUT2D eigenvalue weighted by molar-refractivity contribution is 5.84. The number of hydrazine groups is 1. The van der Waals surface area contributed by atoms with E-state index in [1.54, 1.807) is 27.9 Å². The molecular weight excluding hydrogens is 445 g/mol. The molecule has 1 aromatic heterocycles. The number of anilines is 2. The number of likely N-dealkylation sites (N-methyl/N-ethyl adjacent to an activating group) is 1. The quantitative estimate of drug-likeness (QED) is 0.190. The standard InChI is InChI=1S/C22H36FN7O4/c1-5-16(22(33)29(3)4)24-19-18(23)20(26-17(6-2)25-19)27-28-21(32)15(12-30(34)13-31)11-14-9-7-8-10-14/h13-16,34H,5-12H2,1-4H3,(H,28,32)(H2,24,25,26,27)/t15?,16-/m0/s1. The van der Waals surface area contributed by atoms with E-state index in [0.29, 0.717) is 36.1 Å². The number of nitrogens with zero attached hydrogens (tertiary/aromatic N) is 4. The van der Waals surface area contributed by atoms with Crippen LogP contribution in [-0.2, 0) is 20.8 Å². The molecule has 2 atom stereocenters. The van der Waals surface area contributed by atoms with Crippen LogP contribution in [0.1, 0.15) is 58.2 Å². The second-order valence-corrected chi connectivity index (χ2v) is 8.77. The van der Waals surface area contributed by atoms with Gasteiger partial charge in [0.2, 0.25) is 24.0 Å². The van der Waals surface area contributed by atoms with Gasteiger partial charge < -0.3 is 10.2 Å². The van der Waals surface area contributed by atoms with Crippen LogP contribution in [0.3, 0.4) is 0 Å². The van der Waals surface area contributed by atoms with Crippen molar-refractivity contribution in [3.05, 3.63) is 11.6 Å². The number of hydrogen-bond acceptors (Lipinski definition) is 8. The number of rotatable bonds is 13.